The van der Waals surface area contributed by atoms with Crippen molar-refractivity contribution in [2.24, 2.45) is 5.92 Å². The monoisotopic (exact) mass is 259 g/mol. The maximum absolute atomic E-state index is 13.4. The van der Waals surface area contributed by atoms with E-state index in [0.29, 0.717) is 11.7 Å². The maximum atomic E-state index is 13.4. The Morgan fingerprint density at radius 3 is 2.32 bits per heavy atom. The van der Waals surface area contributed by atoms with Gasteiger partial charge in [-0.05, 0) is 24.8 Å². The number of anilines is 1. The Morgan fingerprint density at radius 2 is 1.79 bits per heavy atom. The van der Waals surface area contributed by atoms with Crippen molar-refractivity contribution >= 4 is 5.82 Å². The minimum atomic E-state index is -0.542. The van der Waals surface area contributed by atoms with Crippen molar-refractivity contribution in [3.05, 3.63) is 41.3 Å². The summed E-state index contributed by atoms with van der Waals surface area (Å²) in [5.41, 5.74) is 7.92. The fourth-order valence-electron chi connectivity index (χ4n) is 1.97. The first-order chi connectivity index (χ1) is 8.97. The highest BCUT2D eigenvalue weighted by Crippen LogP contribution is 2.20. The Labute approximate surface area is 112 Å². The van der Waals surface area contributed by atoms with Gasteiger partial charge in [-0.15, -0.1) is 0 Å². The average Bonchev–Trinajstić information content (AvgIpc) is 2.35. The molecule has 0 saturated carbocycles. The van der Waals surface area contributed by atoms with Crippen LogP contribution < -0.4 is 5.73 Å². The Hall–Kier alpha value is -1.97. The van der Waals surface area contributed by atoms with E-state index in [1.807, 2.05) is 24.3 Å². The standard InChI is InChI=1S/C15H18FN3/c1-9(2)8-11-4-6-12(7-5-11)15-18-10(3)13(16)14(17)19-15/h4-7,9H,8H2,1-3H3,(H2,17,18,19). The van der Waals surface area contributed by atoms with Crippen LogP contribution in [0, 0.1) is 18.7 Å². The molecule has 4 heteroatoms. The molecule has 0 spiro atoms. The highest BCUT2D eigenvalue weighted by atomic mass is 19.1. The first-order valence-electron chi connectivity index (χ1n) is 6.36. The quantitative estimate of drug-likeness (QED) is 0.919. The van der Waals surface area contributed by atoms with E-state index in [0.717, 1.165) is 12.0 Å². The second kappa shape index (κ2) is 5.34. The van der Waals surface area contributed by atoms with Crippen LogP contribution in [0.15, 0.2) is 24.3 Å². The number of halogens is 1. The number of aryl methyl sites for hydroxylation is 1. The van der Waals surface area contributed by atoms with Gasteiger partial charge in [0.05, 0.1) is 5.69 Å². The fraction of sp³-hybridized carbons (Fsp3) is 0.333. The van der Waals surface area contributed by atoms with Crippen LogP contribution in [-0.4, -0.2) is 9.97 Å². The molecule has 0 unspecified atom stereocenters. The summed E-state index contributed by atoms with van der Waals surface area (Å²) < 4.78 is 13.4. The number of nitrogens with two attached hydrogens (primary N) is 1. The Morgan fingerprint density at radius 1 is 1.16 bits per heavy atom. The van der Waals surface area contributed by atoms with Crippen LogP contribution >= 0.6 is 0 Å². The first-order valence-corrected chi connectivity index (χ1v) is 6.36. The molecule has 0 aliphatic heterocycles. The van der Waals surface area contributed by atoms with Gasteiger partial charge in [0, 0.05) is 5.56 Å². The molecule has 1 aromatic carbocycles. The third kappa shape index (κ3) is 3.08. The van der Waals surface area contributed by atoms with Crippen LogP contribution in [-0.2, 0) is 6.42 Å². The molecule has 0 fully saturated rings. The van der Waals surface area contributed by atoms with Crippen molar-refractivity contribution in [3.63, 3.8) is 0 Å². The maximum Gasteiger partial charge on any atom is 0.186 e. The lowest BCUT2D eigenvalue weighted by Gasteiger charge is -2.07. The molecule has 2 rings (SSSR count). The van der Waals surface area contributed by atoms with Gasteiger partial charge >= 0.3 is 0 Å². The Bertz CT molecular complexity index is 553. The van der Waals surface area contributed by atoms with E-state index < -0.39 is 5.82 Å². The zero-order valence-electron chi connectivity index (χ0n) is 11.4. The Kier molecular flexibility index (Phi) is 3.79. The van der Waals surface area contributed by atoms with Gasteiger partial charge in [0.25, 0.3) is 0 Å². The van der Waals surface area contributed by atoms with Crippen molar-refractivity contribution in [1.82, 2.24) is 9.97 Å². The summed E-state index contributed by atoms with van der Waals surface area (Å²) >= 11 is 0. The largest absolute Gasteiger partial charge is 0.381 e. The summed E-state index contributed by atoms with van der Waals surface area (Å²) in [6.45, 7) is 5.95. The van der Waals surface area contributed by atoms with Gasteiger partial charge < -0.3 is 5.73 Å². The van der Waals surface area contributed by atoms with Gasteiger partial charge in [0.15, 0.2) is 17.5 Å². The zero-order valence-corrected chi connectivity index (χ0v) is 11.4. The lowest BCUT2D eigenvalue weighted by molar-refractivity contribution is 0.608. The van der Waals surface area contributed by atoms with Gasteiger partial charge in [-0.25, -0.2) is 14.4 Å². The molecule has 0 amide bonds. The predicted octanol–water partition coefficient (Wildman–Crippen LogP) is 3.37. The SMILES string of the molecule is Cc1nc(-c2ccc(CC(C)C)cc2)nc(N)c1F. The lowest BCUT2D eigenvalue weighted by atomic mass is 10.0. The molecule has 2 aromatic rings. The lowest BCUT2D eigenvalue weighted by Crippen LogP contribution is -2.03. The number of nitrogens with zero attached hydrogens (tertiary/aromatic N) is 2. The molecular weight excluding hydrogens is 241 g/mol. The zero-order chi connectivity index (χ0) is 14.0. The molecule has 0 atom stereocenters. The smallest absolute Gasteiger partial charge is 0.186 e. The van der Waals surface area contributed by atoms with Crippen LogP contribution in [0.3, 0.4) is 0 Å². The summed E-state index contributed by atoms with van der Waals surface area (Å²) in [5.74, 6) is 0.437. The molecule has 0 radical (unpaired) electrons. The van der Waals surface area contributed by atoms with Crippen molar-refractivity contribution < 1.29 is 4.39 Å². The fourth-order valence-corrected chi connectivity index (χ4v) is 1.97. The second-order valence-corrected chi connectivity index (χ2v) is 5.13. The van der Waals surface area contributed by atoms with Crippen molar-refractivity contribution in [1.29, 1.82) is 0 Å². The third-order valence-electron chi connectivity index (χ3n) is 2.90. The molecular formula is C15H18FN3. The van der Waals surface area contributed by atoms with Crippen LogP contribution in [0.25, 0.3) is 11.4 Å². The molecule has 0 bridgehead atoms. The van der Waals surface area contributed by atoms with E-state index in [9.17, 15) is 4.39 Å². The normalized spacial score (nSPS) is 11.0. The number of nitrogen functional groups attached to an aromatic ring is 1. The van der Waals surface area contributed by atoms with E-state index >= 15 is 0 Å². The highest BCUT2D eigenvalue weighted by Gasteiger charge is 2.10. The van der Waals surface area contributed by atoms with Crippen molar-refractivity contribution in [2.45, 2.75) is 27.2 Å². The second-order valence-electron chi connectivity index (χ2n) is 5.13. The van der Waals surface area contributed by atoms with Crippen LogP contribution in [0.1, 0.15) is 25.1 Å². The van der Waals surface area contributed by atoms with E-state index in [1.54, 1.807) is 6.92 Å². The Balaban J connectivity index is 2.32. The molecule has 2 N–H and O–H groups in total. The molecule has 1 heterocycles. The average molecular weight is 259 g/mol. The molecule has 19 heavy (non-hydrogen) atoms. The number of rotatable bonds is 3. The predicted molar refractivity (Wildman–Crippen MR) is 75.1 cm³/mol. The van der Waals surface area contributed by atoms with Crippen molar-refractivity contribution in [2.75, 3.05) is 5.73 Å². The van der Waals surface area contributed by atoms with Gasteiger partial charge in [-0.2, -0.15) is 0 Å². The molecule has 0 saturated heterocycles. The van der Waals surface area contributed by atoms with E-state index in [2.05, 4.69) is 23.8 Å². The number of benzene rings is 1. The van der Waals surface area contributed by atoms with Gasteiger partial charge in [-0.3, -0.25) is 0 Å². The summed E-state index contributed by atoms with van der Waals surface area (Å²) in [6, 6.07) is 7.99. The molecule has 0 aliphatic carbocycles. The first kappa shape index (κ1) is 13.5. The summed E-state index contributed by atoms with van der Waals surface area (Å²) in [5, 5.41) is 0. The third-order valence-corrected chi connectivity index (χ3v) is 2.90. The topological polar surface area (TPSA) is 51.8 Å². The van der Waals surface area contributed by atoms with Crippen LogP contribution in [0.4, 0.5) is 10.2 Å². The van der Waals surface area contributed by atoms with Crippen LogP contribution in [0.2, 0.25) is 0 Å². The number of aromatic nitrogens is 2. The molecule has 3 nitrogen and oxygen atoms in total. The summed E-state index contributed by atoms with van der Waals surface area (Å²) in [4.78, 5) is 8.11. The van der Waals surface area contributed by atoms with E-state index in [-0.39, 0.29) is 11.5 Å². The van der Waals surface area contributed by atoms with Crippen LogP contribution in [0.5, 0.6) is 0 Å². The highest BCUT2D eigenvalue weighted by molar-refractivity contribution is 5.57. The van der Waals surface area contributed by atoms with Gasteiger partial charge in [0.1, 0.15) is 0 Å². The van der Waals surface area contributed by atoms with Gasteiger partial charge in [0.2, 0.25) is 0 Å². The van der Waals surface area contributed by atoms with E-state index in [1.165, 1.54) is 5.56 Å². The van der Waals surface area contributed by atoms with E-state index in [4.69, 9.17) is 5.73 Å². The summed E-state index contributed by atoms with van der Waals surface area (Å²) in [6.07, 6.45) is 1.03. The van der Waals surface area contributed by atoms with Crippen molar-refractivity contribution in [3.8, 4) is 11.4 Å². The number of hydrogen-bond donors (Lipinski definition) is 1. The minimum absolute atomic E-state index is 0.103. The molecule has 0 aliphatic rings. The minimum Gasteiger partial charge on any atom is -0.381 e. The molecule has 100 valence electrons. The van der Waals surface area contributed by atoms with Gasteiger partial charge in [-0.1, -0.05) is 38.1 Å². The molecule has 1 aromatic heterocycles. The number of hydrogen-bond acceptors (Lipinski definition) is 3. The summed E-state index contributed by atoms with van der Waals surface area (Å²) in [7, 11) is 0.